The van der Waals surface area contributed by atoms with Crippen LogP contribution >= 0.6 is 0 Å². The normalized spacial score (nSPS) is 28.4. The Hall–Kier alpha value is -0.690. The third-order valence-electron chi connectivity index (χ3n) is 2.76. The van der Waals surface area contributed by atoms with E-state index in [2.05, 4.69) is 0 Å². The minimum absolute atomic E-state index is 0.0922. The summed E-state index contributed by atoms with van der Waals surface area (Å²) in [6, 6.07) is -0.0995. The van der Waals surface area contributed by atoms with Crippen molar-refractivity contribution in [3.05, 3.63) is 0 Å². The van der Waals surface area contributed by atoms with Gasteiger partial charge in [-0.05, 0) is 13.8 Å². The summed E-state index contributed by atoms with van der Waals surface area (Å²) in [5.41, 5.74) is 4.00. The van der Waals surface area contributed by atoms with Gasteiger partial charge in [-0.1, -0.05) is 0 Å². The lowest BCUT2D eigenvalue weighted by molar-refractivity contribution is -0.160. The number of morpholine rings is 1. The Morgan fingerprint density at radius 2 is 2.38 bits per heavy atom. The molecule has 1 fully saturated rings. The van der Waals surface area contributed by atoms with Gasteiger partial charge in [0.05, 0.1) is 12.7 Å². The molecule has 0 spiro atoms. The first-order chi connectivity index (χ1) is 7.33. The molecular weight excluding hydrogens is 212 g/mol. The number of aliphatic carboxylic acids is 1. The zero-order valence-corrected chi connectivity index (χ0v) is 9.72. The van der Waals surface area contributed by atoms with Gasteiger partial charge in [-0.15, -0.1) is 0 Å². The number of hydrogen-bond donors (Lipinski definition) is 3. The average molecular weight is 232 g/mol. The fourth-order valence-electron chi connectivity index (χ4n) is 1.70. The highest BCUT2D eigenvalue weighted by molar-refractivity contribution is 5.76. The molecule has 0 radical (unpaired) electrons. The van der Waals surface area contributed by atoms with E-state index >= 15 is 0 Å². The second-order valence-electron chi connectivity index (χ2n) is 4.58. The van der Waals surface area contributed by atoms with Gasteiger partial charge < -0.3 is 20.7 Å². The van der Waals surface area contributed by atoms with Crippen LogP contribution in [-0.4, -0.2) is 65.1 Å². The third-order valence-corrected chi connectivity index (χ3v) is 2.76. The molecule has 0 aliphatic carbocycles. The van der Waals surface area contributed by atoms with Gasteiger partial charge >= 0.3 is 5.97 Å². The number of β-amino-alcohol motifs (C(OH)–C–C–N with tert-alkyl or cyclic N) is 1. The molecule has 0 bridgehead atoms. The van der Waals surface area contributed by atoms with Crippen LogP contribution in [0.2, 0.25) is 0 Å². The van der Waals surface area contributed by atoms with Gasteiger partial charge in [-0.25, -0.2) is 4.79 Å². The molecule has 4 N–H and O–H groups in total. The highest BCUT2D eigenvalue weighted by Gasteiger charge is 2.34. The summed E-state index contributed by atoms with van der Waals surface area (Å²) in [5.74, 6) is -1.21. The van der Waals surface area contributed by atoms with Gasteiger partial charge in [0.25, 0.3) is 0 Å². The second kappa shape index (κ2) is 5.09. The average Bonchev–Trinajstić information content (AvgIpc) is 2.17. The predicted octanol–water partition coefficient (Wildman–Crippen LogP) is -1.13. The Labute approximate surface area is 95.0 Å². The van der Waals surface area contributed by atoms with Gasteiger partial charge in [-0.2, -0.15) is 0 Å². The standard InChI is InChI=1S/C10H20N2O4/c1-7(11)8-5-12(3-4-16-8)6-10(2,15)9(13)14/h7-8,15H,3-6,11H2,1-2H3,(H,13,14). The number of aliphatic hydroxyl groups is 1. The topological polar surface area (TPSA) is 96.0 Å². The number of ether oxygens (including phenoxy) is 1. The molecular formula is C10H20N2O4. The first-order valence-electron chi connectivity index (χ1n) is 5.38. The molecule has 1 rings (SSSR count). The largest absolute Gasteiger partial charge is 0.479 e. The van der Waals surface area contributed by atoms with E-state index in [9.17, 15) is 9.90 Å². The highest BCUT2D eigenvalue weighted by atomic mass is 16.5. The highest BCUT2D eigenvalue weighted by Crippen LogP contribution is 2.12. The third kappa shape index (κ3) is 3.41. The number of nitrogens with zero attached hydrogens (tertiary/aromatic N) is 1. The summed E-state index contributed by atoms with van der Waals surface area (Å²) in [6.07, 6.45) is -0.0988. The van der Waals surface area contributed by atoms with E-state index in [0.29, 0.717) is 19.7 Å². The van der Waals surface area contributed by atoms with Crippen LogP contribution < -0.4 is 5.73 Å². The molecule has 3 unspecified atom stereocenters. The molecule has 3 atom stereocenters. The Kier molecular flexibility index (Phi) is 4.26. The summed E-state index contributed by atoms with van der Waals surface area (Å²) in [6.45, 7) is 4.93. The molecule has 1 saturated heterocycles. The fraction of sp³-hybridized carbons (Fsp3) is 0.900. The Morgan fingerprint density at radius 3 is 2.88 bits per heavy atom. The Bertz CT molecular complexity index is 255. The molecule has 1 heterocycles. The molecule has 1 aliphatic heterocycles. The van der Waals surface area contributed by atoms with Crippen molar-refractivity contribution in [1.82, 2.24) is 4.90 Å². The molecule has 6 heteroatoms. The summed E-state index contributed by atoms with van der Waals surface area (Å²) < 4.78 is 5.45. The van der Waals surface area contributed by atoms with Crippen molar-refractivity contribution < 1.29 is 19.7 Å². The first-order valence-corrected chi connectivity index (χ1v) is 5.38. The molecule has 0 aromatic carbocycles. The van der Waals surface area contributed by atoms with Gasteiger partial charge in [0.1, 0.15) is 0 Å². The molecule has 0 saturated carbocycles. The van der Waals surface area contributed by atoms with Gasteiger partial charge in [-0.3, -0.25) is 4.90 Å². The number of carboxylic acid groups (broad SMARTS) is 1. The summed E-state index contributed by atoms with van der Waals surface area (Å²) in [7, 11) is 0. The lowest BCUT2D eigenvalue weighted by atomic mass is 10.1. The van der Waals surface area contributed by atoms with E-state index < -0.39 is 11.6 Å². The lowest BCUT2D eigenvalue weighted by Gasteiger charge is -2.37. The number of nitrogens with two attached hydrogens (primary N) is 1. The molecule has 0 amide bonds. The Balaban J connectivity index is 2.52. The Morgan fingerprint density at radius 1 is 1.75 bits per heavy atom. The van der Waals surface area contributed by atoms with E-state index in [1.807, 2.05) is 11.8 Å². The van der Waals surface area contributed by atoms with E-state index in [-0.39, 0.29) is 18.7 Å². The SMILES string of the molecule is CC(N)C1CN(CC(C)(O)C(=O)O)CCO1. The van der Waals surface area contributed by atoms with Gasteiger partial charge in [0.15, 0.2) is 5.60 Å². The summed E-state index contributed by atoms with van der Waals surface area (Å²) in [5, 5.41) is 18.5. The van der Waals surface area contributed by atoms with Crippen molar-refractivity contribution in [2.24, 2.45) is 5.73 Å². The van der Waals surface area contributed by atoms with E-state index in [1.54, 1.807) is 0 Å². The molecule has 0 aromatic heterocycles. The van der Waals surface area contributed by atoms with Crippen molar-refractivity contribution in [2.45, 2.75) is 31.6 Å². The number of rotatable bonds is 4. The maximum absolute atomic E-state index is 10.8. The van der Waals surface area contributed by atoms with Crippen LogP contribution in [0.4, 0.5) is 0 Å². The van der Waals surface area contributed by atoms with E-state index in [1.165, 1.54) is 6.92 Å². The number of hydrogen-bond acceptors (Lipinski definition) is 5. The monoisotopic (exact) mass is 232 g/mol. The summed E-state index contributed by atoms with van der Waals surface area (Å²) >= 11 is 0. The second-order valence-corrected chi connectivity index (χ2v) is 4.58. The molecule has 16 heavy (non-hydrogen) atoms. The molecule has 1 aliphatic rings. The van der Waals surface area contributed by atoms with E-state index in [0.717, 1.165) is 0 Å². The van der Waals surface area contributed by atoms with Crippen molar-refractivity contribution in [1.29, 1.82) is 0 Å². The maximum Gasteiger partial charge on any atom is 0.336 e. The fourth-order valence-corrected chi connectivity index (χ4v) is 1.70. The van der Waals surface area contributed by atoms with Crippen LogP contribution in [0, 0.1) is 0 Å². The van der Waals surface area contributed by atoms with Gasteiger partial charge in [0, 0.05) is 25.7 Å². The summed E-state index contributed by atoms with van der Waals surface area (Å²) in [4.78, 5) is 12.6. The number of carboxylic acids is 1. The van der Waals surface area contributed by atoms with Crippen molar-refractivity contribution in [3.8, 4) is 0 Å². The van der Waals surface area contributed by atoms with Gasteiger partial charge in [0.2, 0.25) is 0 Å². The molecule has 94 valence electrons. The van der Waals surface area contributed by atoms with Crippen LogP contribution in [0.5, 0.6) is 0 Å². The smallest absolute Gasteiger partial charge is 0.336 e. The van der Waals surface area contributed by atoms with Crippen LogP contribution in [0.25, 0.3) is 0 Å². The van der Waals surface area contributed by atoms with Crippen molar-refractivity contribution in [3.63, 3.8) is 0 Å². The lowest BCUT2D eigenvalue weighted by Crippen LogP contribution is -2.55. The van der Waals surface area contributed by atoms with Crippen LogP contribution in [0.1, 0.15) is 13.8 Å². The minimum atomic E-state index is -1.72. The maximum atomic E-state index is 10.8. The first kappa shape index (κ1) is 13.4. The van der Waals surface area contributed by atoms with Crippen LogP contribution in [-0.2, 0) is 9.53 Å². The zero-order chi connectivity index (χ0) is 12.3. The molecule has 0 aromatic rings. The number of carbonyl (C=O) groups is 1. The van der Waals surface area contributed by atoms with Crippen molar-refractivity contribution >= 4 is 5.97 Å². The predicted molar refractivity (Wildman–Crippen MR) is 58.1 cm³/mol. The minimum Gasteiger partial charge on any atom is -0.479 e. The van der Waals surface area contributed by atoms with E-state index in [4.69, 9.17) is 15.6 Å². The van der Waals surface area contributed by atoms with Crippen LogP contribution in [0.3, 0.4) is 0 Å². The molecule has 6 nitrogen and oxygen atoms in total. The zero-order valence-electron chi connectivity index (χ0n) is 9.72. The van der Waals surface area contributed by atoms with Crippen LogP contribution in [0.15, 0.2) is 0 Å². The quantitative estimate of drug-likeness (QED) is 0.567. The van der Waals surface area contributed by atoms with Crippen molar-refractivity contribution in [2.75, 3.05) is 26.2 Å².